The van der Waals surface area contributed by atoms with Gasteiger partial charge in [0.1, 0.15) is 0 Å². The molecule has 0 aliphatic heterocycles. The number of ether oxygens (including phenoxy) is 1. The second-order valence-corrected chi connectivity index (χ2v) is 4.43. The third-order valence-electron chi connectivity index (χ3n) is 2.30. The molecule has 0 bridgehead atoms. The minimum absolute atomic E-state index is 0.203. The van der Waals surface area contributed by atoms with Crippen molar-refractivity contribution < 1.29 is 14.6 Å². The van der Waals surface area contributed by atoms with Gasteiger partial charge in [0, 0.05) is 4.47 Å². The van der Waals surface area contributed by atoms with Crippen LogP contribution in [-0.4, -0.2) is 28.2 Å². The third-order valence-corrected chi connectivity index (χ3v) is 2.96. The number of nitrogens with one attached hydrogen (secondary N) is 1. The summed E-state index contributed by atoms with van der Waals surface area (Å²) in [7, 11) is 1.51. The van der Waals surface area contributed by atoms with Crippen LogP contribution in [0.4, 0.5) is 11.5 Å². The lowest BCUT2D eigenvalue weighted by Crippen LogP contribution is -2.00. The van der Waals surface area contributed by atoms with Gasteiger partial charge < -0.3 is 15.2 Å². The fraction of sp³-hybridized carbons (Fsp3) is 0.0833. The minimum Gasteiger partial charge on any atom is -0.480 e. The molecule has 0 atom stereocenters. The molecule has 6 nitrogen and oxygen atoms in total. The summed E-state index contributed by atoms with van der Waals surface area (Å²) in [6.07, 6.45) is 3.04. The predicted octanol–water partition coefficient (Wildman–Crippen LogP) is 2.69. The van der Waals surface area contributed by atoms with Crippen LogP contribution in [0.5, 0.6) is 5.88 Å². The Morgan fingerprint density at radius 2 is 2.21 bits per heavy atom. The van der Waals surface area contributed by atoms with Gasteiger partial charge in [0.15, 0.2) is 5.82 Å². The molecule has 0 aliphatic rings. The van der Waals surface area contributed by atoms with Crippen LogP contribution in [-0.2, 0) is 0 Å². The van der Waals surface area contributed by atoms with Gasteiger partial charge in [-0.3, -0.25) is 4.98 Å². The van der Waals surface area contributed by atoms with E-state index in [1.807, 2.05) is 0 Å². The predicted molar refractivity (Wildman–Crippen MR) is 73.0 cm³/mol. The highest BCUT2D eigenvalue weighted by Gasteiger charge is 2.07. The van der Waals surface area contributed by atoms with Crippen molar-refractivity contribution in [1.82, 2.24) is 9.97 Å². The molecule has 98 valence electrons. The summed E-state index contributed by atoms with van der Waals surface area (Å²) in [5.74, 6) is -0.0835. The molecular weight excluding hydrogens is 314 g/mol. The Balaban J connectivity index is 2.25. The second kappa shape index (κ2) is 5.66. The van der Waals surface area contributed by atoms with E-state index in [9.17, 15) is 4.79 Å². The maximum atomic E-state index is 10.8. The lowest BCUT2D eigenvalue weighted by atomic mass is 10.2. The first kappa shape index (κ1) is 13.3. The van der Waals surface area contributed by atoms with Crippen LogP contribution in [0.25, 0.3) is 0 Å². The van der Waals surface area contributed by atoms with Crippen LogP contribution in [0.1, 0.15) is 10.4 Å². The maximum absolute atomic E-state index is 10.8. The molecule has 2 N–H and O–H groups in total. The first-order valence-corrected chi connectivity index (χ1v) is 6.05. The average Bonchev–Trinajstić information content (AvgIpc) is 2.41. The Morgan fingerprint density at radius 1 is 1.42 bits per heavy atom. The van der Waals surface area contributed by atoms with E-state index in [4.69, 9.17) is 9.84 Å². The van der Waals surface area contributed by atoms with Crippen molar-refractivity contribution in [1.29, 1.82) is 0 Å². The van der Waals surface area contributed by atoms with Crippen LogP contribution in [0.3, 0.4) is 0 Å². The maximum Gasteiger partial charge on any atom is 0.335 e. The van der Waals surface area contributed by atoms with E-state index in [1.165, 1.54) is 25.4 Å². The van der Waals surface area contributed by atoms with Crippen molar-refractivity contribution in [3.8, 4) is 5.88 Å². The van der Waals surface area contributed by atoms with Crippen LogP contribution in [0.15, 0.2) is 35.1 Å². The third kappa shape index (κ3) is 3.19. The molecule has 0 unspecified atom stereocenters. The van der Waals surface area contributed by atoms with Gasteiger partial charge in [-0.05, 0) is 34.1 Å². The van der Waals surface area contributed by atoms with E-state index in [0.717, 1.165) is 0 Å². The highest BCUT2D eigenvalue weighted by molar-refractivity contribution is 9.10. The largest absolute Gasteiger partial charge is 0.480 e. The Labute approximate surface area is 117 Å². The Kier molecular flexibility index (Phi) is 3.96. The zero-order valence-electron chi connectivity index (χ0n) is 9.92. The zero-order valence-corrected chi connectivity index (χ0v) is 11.5. The first-order valence-electron chi connectivity index (χ1n) is 5.26. The minimum atomic E-state index is -0.978. The molecule has 0 amide bonds. The number of halogens is 1. The van der Waals surface area contributed by atoms with Crippen molar-refractivity contribution in [2.75, 3.05) is 12.4 Å². The van der Waals surface area contributed by atoms with Gasteiger partial charge in [0.05, 0.1) is 30.8 Å². The molecule has 1 aromatic heterocycles. The van der Waals surface area contributed by atoms with Crippen molar-refractivity contribution in [2.24, 2.45) is 0 Å². The normalized spacial score (nSPS) is 10.0. The van der Waals surface area contributed by atoms with Crippen molar-refractivity contribution in [3.05, 3.63) is 40.6 Å². The Morgan fingerprint density at radius 3 is 2.84 bits per heavy atom. The fourth-order valence-electron chi connectivity index (χ4n) is 1.39. The molecular formula is C12H10BrN3O3. The van der Waals surface area contributed by atoms with Crippen molar-refractivity contribution >= 4 is 33.4 Å². The van der Waals surface area contributed by atoms with Crippen molar-refractivity contribution in [2.45, 2.75) is 0 Å². The van der Waals surface area contributed by atoms with Crippen LogP contribution in [0, 0.1) is 0 Å². The van der Waals surface area contributed by atoms with Gasteiger partial charge >= 0.3 is 5.97 Å². The van der Waals surface area contributed by atoms with Crippen molar-refractivity contribution in [3.63, 3.8) is 0 Å². The molecule has 0 fully saturated rings. The van der Waals surface area contributed by atoms with Gasteiger partial charge in [-0.25, -0.2) is 4.79 Å². The van der Waals surface area contributed by atoms with E-state index < -0.39 is 5.97 Å². The SMILES string of the molecule is COc1cncc(Nc2ccc(C(=O)O)cc2Br)n1. The lowest BCUT2D eigenvalue weighted by molar-refractivity contribution is 0.0697. The number of aromatic nitrogens is 2. The van der Waals surface area contributed by atoms with E-state index in [0.29, 0.717) is 21.9 Å². The molecule has 0 saturated carbocycles. The topological polar surface area (TPSA) is 84.3 Å². The van der Waals surface area contributed by atoms with Gasteiger partial charge in [0.2, 0.25) is 5.88 Å². The quantitative estimate of drug-likeness (QED) is 0.899. The molecule has 19 heavy (non-hydrogen) atoms. The molecule has 0 saturated heterocycles. The Bertz CT molecular complexity index is 619. The summed E-state index contributed by atoms with van der Waals surface area (Å²) in [5.41, 5.74) is 0.890. The summed E-state index contributed by atoms with van der Waals surface area (Å²) < 4.78 is 5.59. The number of hydrogen-bond acceptors (Lipinski definition) is 5. The number of methoxy groups -OCH3 is 1. The highest BCUT2D eigenvalue weighted by atomic mass is 79.9. The van der Waals surface area contributed by atoms with E-state index in [2.05, 4.69) is 31.2 Å². The summed E-state index contributed by atoms with van der Waals surface area (Å²) in [5, 5.41) is 11.9. The zero-order chi connectivity index (χ0) is 13.8. The molecule has 2 aromatic rings. The van der Waals surface area contributed by atoms with Crippen LogP contribution < -0.4 is 10.1 Å². The number of nitrogens with zero attached hydrogens (tertiary/aromatic N) is 2. The first-order chi connectivity index (χ1) is 9.10. The fourth-order valence-corrected chi connectivity index (χ4v) is 1.87. The average molecular weight is 324 g/mol. The molecule has 0 radical (unpaired) electrons. The standard InChI is InChI=1S/C12H10BrN3O3/c1-19-11-6-14-5-10(16-11)15-9-3-2-7(12(17)18)4-8(9)13/h2-6H,1H3,(H,15,16)(H,17,18). The van der Waals surface area contributed by atoms with Gasteiger partial charge in [-0.2, -0.15) is 4.98 Å². The van der Waals surface area contributed by atoms with E-state index >= 15 is 0 Å². The number of rotatable bonds is 4. The lowest BCUT2D eigenvalue weighted by Gasteiger charge is -2.08. The number of carboxylic acid groups (broad SMARTS) is 1. The van der Waals surface area contributed by atoms with E-state index in [1.54, 1.807) is 12.3 Å². The number of anilines is 2. The molecule has 0 spiro atoms. The number of aromatic carboxylic acids is 1. The number of benzene rings is 1. The summed E-state index contributed by atoms with van der Waals surface area (Å²) >= 11 is 3.30. The molecule has 1 heterocycles. The summed E-state index contributed by atoms with van der Waals surface area (Å²) in [4.78, 5) is 18.9. The monoisotopic (exact) mass is 323 g/mol. The summed E-state index contributed by atoms with van der Waals surface area (Å²) in [6.45, 7) is 0. The van der Waals surface area contributed by atoms with Gasteiger partial charge in [-0.1, -0.05) is 0 Å². The number of hydrogen-bond donors (Lipinski definition) is 2. The molecule has 0 aliphatic carbocycles. The number of carboxylic acids is 1. The molecule has 1 aromatic carbocycles. The molecule has 2 rings (SSSR count). The van der Waals surface area contributed by atoms with E-state index in [-0.39, 0.29) is 5.56 Å². The second-order valence-electron chi connectivity index (χ2n) is 3.57. The highest BCUT2D eigenvalue weighted by Crippen LogP contribution is 2.26. The van der Waals surface area contributed by atoms with Crippen LogP contribution >= 0.6 is 15.9 Å². The summed E-state index contributed by atoms with van der Waals surface area (Å²) in [6, 6.07) is 4.66. The van der Waals surface area contributed by atoms with Gasteiger partial charge in [-0.15, -0.1) is 0 Å². The van der Waals surface area contributed by atoms with Gasteiger partial charge in [0.25, 0.3) is 0 Å². The number of carbonyl (C=O) groups is 1. The van der Waals surface area contributed by atoms with Crippen LogP contribution in [0.2, 0.25) is 0 Å². The smallest absolute Gasteiger partial charge is 0.335 e. The molecule has 7 heteroatoms. The Hall–Kier alpha value is -2.15.